The van der Waals surface area contributed by atoms with Crippen LogP contribution < -0.4 is 16.2 Å². The number of benzene rings is 1. The van der Waals surface area contributed by atoms with E-state index >= 15 is 0 Å². The lowest BCUT2D eigenvalue weighted by molar-refractivity contribution is -0.137. The molecule has 1 fully saturated rings. The number of urea groups is 1. The lowest BCUT2D eigenvalue weighted by atomic mass is 9.83. The molecule has 0 spiro atoms. The highest BCUT2D eigenvalue weighted by Crippen LogP contribution is 2.35. The van der Waals surface area contributed by atoms with Crippen molar-refractivity contribution in [3.8, 4) is 0 Å². The summed E-state index contributed by atoms with van der Waals surface area (Å²) < 4.78 is 1.71. The second-order valence-electron chi connectivity index (χ2n) is 8.38. The molecule has 2 atom stereocenters. The maximum absolute atomic E-state index is 13.0. The lowest BCUT2D eigenvalue weighted by Crippen LogP contribution is -2.49. The zero-order valence-corrected chi connectivity index (χ0v) is 17.6. The van der Waals surface area contributed by atoms with Gasteiger partial charge in [0.25, 0.3) is 5.56 Å². The molecule has 0 unspecified atom stereocenters. The van der Waals surface area contributed by atoms with E-state index in [0.717, 1.165) is 12.1 Å². The largest absolute Gasteiger partial charge is 0.481 e. The Kier molecular flexibility index (Phi) is 6.25. The molecule has 2 aromatic rings. The number of aliphatic carboxylic acids is 1. The van der Waals surface area contributed by atoms with Crippen LogP contribution in [-0.4, -0.2) is 45.6 Å². The number of nitrogens with one attached hydrogen (secondary N) is 2. The number of para-hydroxylation sites is 1. The van der Waals surface area contributed by atoms with Crippen LogP contribution in [-0.2, 0) is 16.1 Å². The van der Waals surface area contributed by atoms with Crippen LogP contribution in [0.4, 0.5) is 16.2 Å². The van der Waals surface area contributed by atoms with Gasteiger partial charge in [0.2, 0.25) is 5.91 Å². The predicted octanol–water partition coefficient (Wildman–Crippen LogP) is 2.69. The zero-order chi connectivity index (χ0) is 22.7. The topological polar surface area (TPSA) is 121 Å². The van der Waals surface area contributed by atoms with Crippen LogP contribution in [0.5, 0.6) is 0 Å². The summed E-state index contributed by atoms with van der Waals surface area (Å²) >= 11 is 0. The van der Waals surface area contributed by atoms with Crippen LogP contribution in [0.15, 0.2) is 47.3 Å². The van der Waals surface area contributed by atoms with Crippen molar-refractivity contribution >= 4 is 29.3 Å². The second-order valence-corrected chi connectivity index (χ2v) is 8.38. The number of hydrogen-bond acceptors (Lipinski definition) is 4. The van der Waals surface area contributed by atoms with E-state index in [4.69, 9.17) is 5.11 Å². The molecule has 9 nitrogen and oxygen atoms in total. The van der Waals surface area contributed by atoms with Gasteiger partial charge in [0.15, 0.2) is 0 Å². The van der Waals surface area contributed by atoms with Crippen LogP contribution >= 0.6 is 0 Å². The van der Waals surface area contributed by atoms with E-state index in [0.29, 0.717) is 31.7 Å². The molecule has 3 heterocycles. The number of fused-ring (bicyclic) bond motifs is 4. The summed E-state index contributed by atoms with van der Waals surface area (Å²) in [5.41, 5.74) is 1.46. The average molecular weight is 438 g/mol. The third kappa shape index (κ3) is 4.82. The molecule has 3 amide bonds. The minimum Gasteiger partial charge on any atom is -0.481 e. The van der Waals surface area contributed by atoms with Crippen molar-refractivity contribution in [2.75, 3.05) is 23.7 Å². The summed E-state index contributed by atoms with van der Waals surface area (Å²) in [6.07, 6.45) is 1.44. The Balaban J connectivity index is 1.44. The summed E-state index contributed by atoms with van der Waals surface area (Å²) in [6.45, 7) is 1.56. The number of carbonyl (C=O) groups excluding carboxylic acids is 2. The van der Waals surface area contributed by atoms with Crippen molar-refractivity contribution in [3.05, 3.63) is 58.5 Å². The SMILES string of the molecule is O=C(O)CCCC(=O)N1C[C@H]2C[C@H](C1)c1ccc(NC(=O)Nc3ccccc3)c(=O)n1C2. The smallest absolute Gasteiger partial charge is 0.323 e. The Hall–Kier alpha value is -3.62. The molecule has 1 saturated heterocycles. The summed E-state index contributed by atoms with van der Waals surface area (Å²) in [5.74, 6) is -0.738. The van der Waals surface area contributed by atoms with E-state index < -0.39 is 12.0 Å². The maximum Gasteiger partial charge on any atom is 0.323 e. The van der Waals surface area contributed by atoms with Crippen molar-refractivity contribution in [1.29, 1.82) is 0 Å². The first-order chi connectivity index (χ1) is 15.4. The van der Waals surface area contributed by atoms with E-state index in [1.54, 1.807) is 27.7 Å². The van der Waals surface area contributed by atoms with E-state index in [-0.39, 0.29) is 41.8 Å². The van der Waals surface area contributed by atoms with Gasteiger partial charge in [-0.05, 0) is 43.0 Å². The van der Waals surface area contributed by atoms with Crippen molar-refractivity contribution in [2.24, 2.45) is 5.92 Å². The van der Waals surface area contributed by atoms with Crippen LogP contribution in [0.3, 0.4) is 0 Å². The Bertz CT molecular complexity index is 1080. The lowest BCUT2D eigenvalue weighted by Gasteiger charge is -2.43. The highest BCUT2D eigenvalue weighted by atomic mass is 16.4. The first-order valence-corrected chi connectivity index (χ1v) is 10.8. The standard InChI is InChI=1S/C23H26N4O5/c28-20(7-4-8-21(29)30)26-12-15-11-16(14-26)19-10-9-18(22(31)27(19)13-15)25-23(32)24-17-5-2-1-3-6-17/h1-3,5-6,9-10,15-16H,4,7-8,11-14H2,(H,29,30)(H2,24,25,32)/t15-,16-/m1/s1. The number of nitrogens with zero attached hydrogens (tertiary/aromatic N) is 2. The average Bonchev–Trinajstić information content (AvgIpc) is 2.76. The molecule has 0 saturated carbocycles. The van der Waals surface area contributed by atoms with E-state index in [1.165, 1.54) is 0 Å². The first kappa shape index (κ1) is 21.6. The molecule has 2 aliphatic rings. The molecule has 2 bridgehead atoms. The number of carbonyl (C=O) groups is 3. The molecule has 0 aliphatic carbocycles. The van der Waals surface area contributed by atoms with Crippen molar-refractivity contribution in [3.63, 3.8) is 0 Å². The number of pyridine rings is 1. The molecule has 1 aromatic heterocycles. The summed E-state index contributed by atoms with van der Waals surface area (Å²) in [4.78, 5) is 50.3. The van der Waals surface area contributed by atoms with Crippen molar-refractivity contribution in [1.82, 2.24) is 9.47 Å². The Morgan fingerprint density at radius 2 is 1.75 bits per heavy atom. The Morgan fingerprint density at radius 1 is 0.969 bits per heavy atom. The monoisotopic (exact) mass is 438 g/mol. The Morgan fingerprint density at radius 3 is 2.50 bits per heavy atom. The van der Waals surface area contributed by atoms with E-state index in [1.807, 2.05) is 24.3 Å². The normalized spacial score (nSPS) is 19.1. The third-order valence-corrected chi connectivity index (χ3v) is 6.02. The number of rotatable bonds is 6. The fraction of sp³-hybridized carbons (Fsp3) is 0.391. The summed E-state index contributed by atoms with van der Waals surface area (Å²) in [6, 6.07) is 12.0. The number of likely N-dealkylation sites (tertiary alicyclic amines) is 1. The highest BCUT2D eigenvalue weighted by molar-refractivity contribution is 5.99. The van der Waals surface area contributed by atoms with Crippen molar-refractivity contribution in [2.45, 2.75) is 38.1 Å². The molecule has 4 rings (SSSR count). The van der Waals surface area contributed by atoms with Gasteiger partial charge < -0.3 is 25.2 Å². The summed E-state index contributed by atoms with van der Waals surface area (Å²) in [7, 11) is 0. The molecule has 3 N–H and O–H groups in total. The molecule has 1 aromatic carbocycles. The maximum atomic E-state index is 13.0. The van der Waals surface area contributed by atoms with Crippen LogP contribution in [0.2, 0.25) is 0 Å². The summed E-state index contributed by atoms with van der Waals surface area (Å²) in [5, 5.41) is 14.1. The van der Waals surface area contributed by atoms with Crippen LogP contribution in [0, 0.1) is 5.92 Å². The molecular weight excluding hydrogens is 412 g/mol. The predicted molar refractivity (Wildman–Crippen MR) is 119 cm³/mol. The minimum absolute atomic E-state index is 0.0156. The number of amides is 3. The molecule has 9 heteroatoms. The Labute approximate surface area is 185 Å². The number of hydrogen-bond donors (Lipinski definition) is 3. The number of anilines is 2. The van der Waals surface area contributed by atoms with Gasteiger partial charge in [-0.1, -0.05) is 18.2 Å². The van der Waals surface area contributed by atoms with Crippen LogP contribution in [0.25, 0.3) is 0 Å². The molecule has 0 radical (unpaired) electrons. The van der Waals surface area contributed by atoms with Gasteiger partial charge in [0.1, 0.15) is 5.69 Å². The minimum atomic E-state index is -0.900. The van der Waals surface area contributed by atoms with Gasteiger partial charge in [0, 0.05) is 49.8 Å². The number of carboxylic acids is 1. The quantitative estimate of drug-likeness (QED) is 0.640. The van der Waals surface area contributed by atoms with Crippen LogP contribution in [0.1, 0.15) is 37.3 Å². The van der Waals surface area contributed by atoms with Gasteiger partial charge in [-0.2, -0.15) is 0 Å². The highest BCUT2D eigenvalue weighted by Gasteiger charge is 2.36. The van der Waals surface area contributed by atoms with Gasteiger partial charge in [0.05, 0.1) is 0 Å². The second kappa shape index (κ2) is 9.25. The number of piperidine rings is 1. The van der Waals surface area contributed by atoms with Gasteiger partial charge in [-0.3, -0.25) is 14.4 Å². The van der Waals surface area contributed by atoms with Gasteiger partial charge in [-0.15, -0.1) is 0 Å². The first-order valence-electron chi connectivity index (χ1n) is 10.8. The fourth-order valence-corrected chi connectivity index (χ4v) is 4.60. The molecular formula is C23H26N4O5. The fourth-order valence-electron chi connectivity index (χ4n) is 4.60. The van der Waals surface area contributed by atoms with Gasteiger partial charge in [-0.25, -0.2) is 4.79 Å². The van der Waals surface area contributed by atoms with E-state index in [2.05, 4.69) is 10.6 Å². The number of carboxylic acid groups (broad SMARTS) is 1. The molecule has 168 valence electrons. The van der Waals surface area contributed by atoms with Gasteiger partial charge >= 0.3 is 12.0 Å². The number of aromatic nitrogens is 1. The van der Waals surface area contributed by atoms with Crippen molar-refractivity contribution < 1.29 is 19.5 Å². The molecule has 32 heavy (non-hydrogen) atoms. The van der Waals surface area contributed by atoms with E-state index in [9.17, 15) is 19.2 Å². The molecule has 2 aliphatic heterocycles. The zero-order valence-electron chi connectivity index (χ0n) is 17.6. The third-order valence-electron chi connectivity index (χ3n) is 6.02.